The van der Waals surface area contributed by atoms with Crippen LogP contribution in [-0.2, 0) is 0 Å². The molecule has 3 atom stereocenters. The van der Waals surface area contributed by atoms with Crippen molar-refractivity contribution in [3.05, 3.63) is 0 Å². The average molecular weight is 187 g/mol. The number of hydrogen-bond acceptors (Lipinski definition) is 3. The first-order chi connectivity index (χ1) is 5.73. The van der Waals surface area contributed by atoms with E-state index in [9.17, 15) is 5.11 Å². The van der Waals surface area contributed by atoms with Gasteiger partial charge in [0.2, 0.25) is 0 Å². The van der Waals surface area contributed by atoms with Crippen molar-refractivity contribution in [2.24, 2.45) is 5.92 Å². The molecule has 2 rings (SSSR count). The van der Waals surface area contributed by atoms with Gasteiger partial charge >= 0.3 is 0 Å². The van der Waals surface area contributed by atoms with E-state index in [0.717, 1.165) is 24.5 Å². The lowest BCUT2D eigenvalue weighted by Crippen LogP contribution is -2.51. The van der Waals surface area contributed by atoms with Crippen LogP contribution in [0.5, 0.6) is 0 Å². The molecule has 0 amide bonds. The zero-order valence-electron chi connectivity index (χ0n) is 7.55. The molecule has 0 bridgehead atoms. The Morgan fingerprint density at radius 2 is 2.42 bits per heavy atom. The molecule has 12 heavy (non-hydrogen) atoms. The van der Waals surface area contributed by atoms with E-state index in [2.05, 4.69) is 12.2 Å². The van der Waals surface area contributed by atoms with Crippen molar-refractivity contribution in [1.82, 2.24) is 5.32 Å². The Hall–Kier alpha value is 0.270. The molecule has 2 fully saturated rings. The molecule has 2 aliphatic heterocycles. The van der Waals surface area contributed by atoms with Gasteiger partial charge in [0.05, 0.1) is 5.60 Å². The summed E-state index contributed by atoms with van der Waals surface area (Å²) in [6.07, 6.45) is 2.38. The molecule has 0 spiro atoms. The molecule has 2 nitrogen and oxygen atoms in total. The van der Waals surface area contributed by atoms with E-state index >= 15 is 0 Å². The summed E-state index contributed by atoms with van der Waals surface area (Å²) in [5.41, 5.74) is -0.416. The second kappa shape index (κ2) is 3.20. The second-order valence-electron chi connectivity index (χ2n) is 4.06. The number of aliphatic hydroxyl groups is 1. The maximum Gasteiger partial charge on any atom is 0.0922 e. The minimum atomic E-state index is -0.416. The van der Waals surface area contributed by atoms with Crippen LogP contribution in [0.25, 0.3) is 0 Å². The zero-order chi connectivity index (χ0) is 8.60. The Balaban J connectivity index is 2.07. The lowest BCUT2D eigenvalue weighted by molar-refractivity contribution is -0.00388. The molecule has 0 radical (unpaired) electrons. The normalized spacial score (nSPS) is 48.5. The summed E-state index contributed by atoms with van der Waals surface area (Å²) in [4.78, 5) is 0. The fourth-order valence-corrected chi connectivity index (χ4v) is 3.81. The molecule has 2 saturated heterocycles. The molecule has 3 unspecified atom stereocenters. The van der Waals surface area contributed by atoms with Crippen molar-refractivity contribution in [3.8, 4) is 0 Å². The molecular formula is C9H17NOS. The maximum absolute atomic E-state index is 10.4. The monoisotopic (exact) mass is 187 g/mol. The van der Waals surface area contributed by atoms with Crippen LogP contribution in [-0.4, -0.2) is 34.8 Å². The van der Waals surface area contributed by atoms with Gasteiger partial charge in [0.15, 0.2) is 0 Å². The molecule has 2 N–H and O–H groups in total. The van der Waals surface area contributed by atoms with Gasteiger partial charge in [-0.15, -0.1) is 0 Å². The Morgan fingerprint density at radius 1 is 1.58 bits per heavy atom. The van der Waals surface area contributed by atoms with Gasteiger partial charge < -0.3 is 10.4 Å². The fraction of sp³-hybridized carbons (Fsp3) is 1.00. The number of thioether (sulfide) groups is 1. The average Bonchev–Trinajstić information content (AvgIpc) is 2.62. The molecular weight excluding hydrogens is 170 g/mol. The molecule has 2 heterocycles. The Morgan fingerprint density at radius 3 is 2.92 bits per heavy atom. The first-order valence-corrected chi connectivity index (χ1v) is 5.92. The van der Waals surface area contributed by atoms with Crippen LogP contribution in [0.15, 0.2) is 0 Å². The number of hydrogen-bond donors (Lipinski definition) is 2. The second-order valence-corrected chi connectivity index (χ2v) is 5.09. The summed E-state index contributed by atoms with van der Waals surface area (Å²) in [7, 11) is 0. The van der Waals surface area contributed by atoms with E-state index in [-0.39, 0.29) is 0 Å². The van der Waals surface area contributed by atoms with E-state index < -0.39 is 5.60 Å². The van der Waals surface area contributed by atoms with Crippen LogP contribution in [0.2, 0.25) is 0 Å². The molecule has 3 heteroatoms. The van der Waals surface area contributed by atoms with Crippen LogP contribution in [0.4, 0.5) is 0 Å². The number of nitrogens with one attached hydrogen (secondary N) is 1. The lowest BCUT2D eigenvalue weighted by Gasteiger charge is -2.33. The third-order valence-corrected chi connectivity index (χ3v) is 4.62. The molecule has 0 aliphatic carbocycles. The Labute approximate surface area is 78.1 Å². The van der Waals surface area contributed by atoms with E-state index in [0.29, 0.717) is 12.0 Å². The summed E-state index contributed by atoms with van der Waals surface area (Å²) < 4.78 is 0. The zero-order valence-corrected chi connectivity index (χ0v) is 8.36. The van der Waals surface area contributed by atoms with Crippen LogP contribution < -0.4 is 5.32 Å². The highest BCUT2D eigenvalue weighted by molar-refractivity contribution is 7.99. The van der Waals surface area contributed by atoms with Crippen LogP contribution >= 0.6 is 11.8 Å². The van der Waals surface area contributed by atoms with Crippen molar-refractivity contribution in [1.29, 1.82) is 0 Å². The van der Waals surface area contributed by atoms with E-state index in [1.54, 1.807) is 0 Å². The number of rotatable bonds is 1. The quantitative estimate of drug-likeness (QED) is 0.638. The summed E-state index contributed by atoms with van der Waals surface area (Å²) in [5, 5.41) is 13.8. The Bertz CT molecular complexity index is 170. The van der Waals surface area contributed by atoms with Crippen molar-refractivity contribution in [2.45, 2.75) is 31.4 Å². The highest BCUT2D eigenvalue weighted by Gasteiger charge is 2.46. The molecule has 0 saturated carbocycles. The topological polar surface area (TPSA) is 32.3 Å². The van der Waals surface area contributed by atoms with Crippen LogP contribution in [0.3, 0.4) is 0 Å². The van der Waals surface area contributed by atoms with Gasteiger partial charge in [-0.25, -0.2) is 0 Å². The molecule has 0 aromatic carbocycles. The predicted molar refractivity (Wildman–Crippen MR) is 52.5 cm³/mol. The van der Waals surface area contributed by atoms with Gasteiger partial charge in [-0.3, -0.25) is 0 Å². The predicted octanol–water partition coefficient (Wildman–Crippen LogP) is 0.852. The smallest absolute Gasteiger partial charge is 0.0922 e. The van der Waals surface area contributed by atoms with Gasteiger partial charge in [-0.1, -0.05) is 6.92 Å². The standard InChI is InChI=1S/C9H17NOS/c1-7-5-12-6-9(7,11)8-3-2-4-10-8/h7-8,10-11H,2-6H2,1H3. The van der Waals surface area contributed by atoms with E-state index in [1.165, 1.54) is 6.42 Å². The van der Waals surface area contributed by atoms with Crippen LogP contribution in [0, 0.1) is 5.92 Å². The van der Waals surface area contributed by atoms with Crippen molar-refractivity contribution in [2.75, 3.05) is 18.1 Å². The minimum Gasteiger partial charge on any atom is -0.387 e. The highest BCUT2D eigenvalue weighted by atomic mass is 32.2. The fourth-order valence-electron chi connectivity index (χ4n) is 2.24. The summed E-state index contributed by atoms with van der Waals surface area (Å²) in [6, 6.07) is 0.363. The third kappa shape index (κ3) is 1.28. The van der Waals surface area contributed by atoms with Crippen molar-refractivity contribution < 1.29 is 5.11 Å². The lowest BCUT2D eigenvalue weighted by atomic mass is 9.84. The summed E-state index contributed by atoms with van der Waals surface area (Å²) >= 11 is 1.89. The van der Waals surface area contributed by atoms with E-state index in [4.69, 9.17) is 0 Å². The maximum atomic E-state index is 10.4. The van der Waals surface area contributed by atoms with Gasteiger partial charge in [0.25, 0.3) is 0 Å². The van der Waals surface area contributed by atoms with Crippen molar-refractivity contribution in [3.63, 3.8) is 0 Å². The Kier molecular flexibility index (Phi) is 2.36. The molecule has 2 aliphatic rings. The highest BCUT2D eigenvalue weighted by Crippen LogP contribution is 2.38. The first kappa shape index (κ1) is 8.85. The van der Waals surface area contributed by atoms with Gasteiger partial charge in [-0.2, -0.15) is 11.8 Å². The van der Waals surface area contributed by atoms with Gasteiger partial charge in [0.1, 0.15) is 0 Å². The van der Waals surface area contributed by atoms with E-state index in [1.807, 2.05) is 11.8 Å². The minimum absolute atomic E-state index is 0.363. The molecule has 70 valence electrons. The summed E-state index contributed by atoms with van der Waals surface area (Å²) in [5.74, 6) is 2.50. The first-order valence-electron chi connectivity index (χ1n) is 4.77. The SMILES string of the molecule is CC1CSCC1(O)C1CCCN1. The molecule has 0 aromatic rings. The van der Waals surface area contributed by atoms with Gasteiger partial charge in [-0.05, 0) is 31.1 Å². The van der Waals surface area contributed by atoms with Crippen molar-refractivity contribution >= 4 is 11.8 Å². The molecule has 0 aromatic heterocycles. The van der Waals surface area contributed by atoms with Gasteiger partial charge in [0, 0.05) is 11.8 Å². The van der Waals surface area contributed by atoms with Crippen LogP contribution in [0.1, 0.15) is 19.8 Å². The summed E-state index contributed by atoms with van der Waals surface area (Å²) in [6.45, 7) is 3.25. The third-order valence-electron chi connectivity index (χ3n) is 3.22. The largest absolute Gasteiger partial charge is 0.387 e.